The van der Waals surface area contributed by atoms with Gasteiger partial charge in [-0.3, -0.25) is 14.4 Å². The highest BCUT2D eigenvalue weighted by atomic mass is 16.4. The van der Waals surface area contributed by atoms with Gasteiger partial charge < -0.3 is 30.9 Å². The van der Waals surface area contributed by atoms with Gasteiger partial charge >= 0.3 is 5.97 Å². The number of likely N-dealkylation sites (tertiary alicyclic amines) is 2. The van der Waals surface area contributed by atoms with Crippen LogP contribution in [0.25, 0.3) is 0 Å². The highest BCUT2D eigenvalue weighted by molar-refractivity contribution is 5.94. The predicted octanol–water partition coefficient (Wildman–Crippen LogP) is -0.123. The molecular weight excluding hydrogens is 428 g/mol. The fourth-order valence-electron chi connectivity index (χ4n) is 4.68. The predicted molar refractivity (Wildman–Crippen MR) is 119 cm³/mol. The smallest absolute Gasteiger partial charge is 0.326 e. The summed E-state index contributed by atoms with van der Waals surface area (Å²) in [7, 11) is 0. The van der Waals surface area contributed by atoms with Gasteiger partial charge in [0.05, 0.1) is 12.4 Å². The minimum atomic E-state index is -1.03. The van der Waals surface area contributed by atoms with Crippen molar-refractivity contribution in [3.63, 3.8) is 0 Å². The van der Waals surface area contributed by atoms with Crippen LogP contribution in [0.3, 0.4) is 0 Å². The number of nitrogens with one attached hydrogen (secondary N) is 2. The normalized spacial score (nSPS) is 22.4. The Morgan fingerprint density at radius 3 is 2.36 bits per heavy atom. The highest BCUT2D eigenvalue weighted by Crippen LogP contribution is 2.22. The van der Waals surface area contributed by atoms with Crippen molar-refractivity contribution < 1.29 is 24.3 Å². The first-order valence-corrected chi connectivity index (χ1v) is 11.6. The molecule has 3 rings (SSSR count). The van der Waals surface area contributed by atoms with E-state index < -0.39 is 36.0 Å². The van der Waals surface area contributed by atoms with Crippen LogP contribution in [-0.2, 0) is 25.6 Å². The number of carboxylic acid groups (broad SMARTS) is 1. The molecule has 11 nitrogen and oxygen atoms in total. The zero-order valence-corrected chi connectivity index (χ0v) is 19.2. The van der Waals surface area contributed by atoms with E-state index >= 15 is 0 Å². The molecule has 3 amide bonds. The quantitative estimate of drug-likeness (QED) is 0.397. The molecule has 182 valence electrons. The van der Waals surface area contributed by atoms with Crippen molar-refractivity contribution in [3.05, 3.63) is 18.2 Å². The number of carboxylic acids is 1. The third-order valence-electron chi connectivity index (χ3n) is 6.29. The van der Waals surface area contributed by atoms with Gasteiger partial charge in [-0.15, -0.1) is 0 Å². The molecule has 0 spiro atoms. The molecule has 0 saturated carbocycles. The van der Waals surface area contributed by atoms with Crippen LogP contribution in [0.1, 0.15) is 51.6 Å². The molecule has 5 N–H and O–H groups in total. The number of aromatic nitrogens is 2. The number of carbonyl (C=O) groups excluding carboxylic acids is 3. The Balaban J connectivity index is 1.68. The van der Waals surface area contributed by atoms with Gasteiger partial charge in [0.1, 0.15) is 18.1 Å². The largest absolute Gasteiger partial charge is 0.480 e. The lowest BCUT2D eigenvalue weighted by Crippen LogP contribution is -2.57. The van der Waals surface area contributed by atoms with Gasteiger partial charge in [-0.05, 0) is 38.0 Å². The van der Waals surface area contributed by atoms with E-state index in [1.807, 2.05) is 13.8 Å². The second kappa shape index (κ2) is 10.8. The van der Waals surface area contributed by atoms with Crippen LogP contribution in [0.4, 0.5) is 0 Å². The minimum absolute atomic E-state index is 0.106. The zero-order valence-electron chi connectivity index (χ0n) is 19.2. The molecular formula is C22H34N6O5. The summed E-state index contributed by atoms with van der Waals surface area (Å²) >= 11 is 0. The molecule has 0 aromatic carbocycles. The molecule has 1 aromatic rings. The van der Waals surface area contributed by atoms with E-state index in [-0.39, 0.29) is 24.2 Å². The maximum absolute atomic E-state index is 13.2. The monoisotopic (exact) mass is 462 g/mol. The Morgan fingerprint density at radius 2 is 1.79 bits per heavy atom. The van der Waals surface area contributed by atoms with Gasteiger partial charge in [-0.1, -0.05) is 13.8 Å². The first-order chi connectivity index (χ1) is 15.7. The molecule has 11 heteroatoms. The minimum Gasteiger partial charge on any atom is -0.480 e. The lowest BCUT2D eigenvalue weighted by atomic mass is 10.0. The van der Waals surface area contributed by atoms with Crippen molar-refractivity contribution in [2.75, 3.05) is 13.1 Å². The maximum Gasteiger partial charge on any atom is 0.326 e. The summed E-state index contributed by atoms with van der Waals surface area (Å²) in [5, 5.41) is 12.3. The number of imidazole rings is 1. The van der Waals surface area contributed by atoms with Crippen LogP contribution in [0.2, 0.25) is 0 Å². The SMILES string of the molecule is CC(C)CC(NC(=O)C1CCCN1C(=O)C(N)Cc1cnc[nH]1)C(=O)N1CCCC1C(=O)O. The Labute approximate surface area is 193 Å². The molecule has 1 aromatic heterocycles. The number of hydrogen-bond donors (Lipinski definition) is 4. The summed E-state index contributed by atoms with van der Waals surface area (Å²) in [6.45, 7) is 4.65. The Kier molecular flexibility index (Phi) is 8.06. The average molecular weight is 463 g/mol. The number of hydrogen-bond acceptors (Lipinski definition) is 6. The number of nitrogens with zero attached hydrogens (tertiary/aromatic N) is 3. The van der Waals surface area contributed by atoms with Crippen LogP contribution >= 0.6 is 0 Å². The Hall–Kier alpha value is -2.95. The molecule has 4 unspecified atom stereocenters. The topological polar surface area (TPSA) is 162 Å². The lowest BCUT2D eigenvalue weighted by molar-refractivity contribution is -0.150. The summed E-state index contributed by atoms with van der Waals surface area (Å²) in [4.78, 5) is 60.5. The van der Waals surface area contributed by atoms with E-state index in [0.717, 1.165) is 5.69 Å². The van der Waals surface area contributed by atoms with Gasteiger partial charge in [0, 0.05) is 31.4 Å². The van der Waals surface area contributed by atoms with Crippen molar-refractivity contribution in [2.45, 2.75) is 76.5 Å². The van der Waals surface area contributed by atoms with Crippen LogP contribution in [-0.4, -0.2) is 85.8 Å². The van der Waals surface area contributed by atoms with E-state index in [1.165, 1.54) is 16.1 Å². The molecule has 4 atom stereocenters. The number of carbonyl (C=O) groups is 4. The summed E-state index contributed by atoms with van der Waals surface area (Å²) in [6, 6.07) is -3.22. The lowest BCUT2D eigenvalue weighted by Gasteiger charge is -2.31. The maximum atomic E-state index is 13.2. The van der Waals surface area contributed by atoms with E-state index in [0.29, 0.717) is 45.2 Å². The van der Waals surface area contributed by atoms with Crippen molar-refractivity contribution in [1.29, 1.82) is 0 Å². The van der Waals surface area contributed by atoms with E-state index in [2.05, 4.69) is 15.3 Å². The van der Waals surface area contributed by atoms with Gasteiger partial charge in [0.2, 0.25) is 17.7 Å². The highest BCUT2D eigenvalue weighted by Gasteiger charge is 2.41. The summed E-state index contributed by atoms with van der Waals surface area (Å²) in [6.07, 6.45) is 5.95. The molecule has 3 heterocycles. The fraction of sp³-hybridized carbons (Fsp3) is 0.682. The molecule has 2 saturated heterocycles. The molecule has 2 aliphatic heterocycles. The van der Waals surface area contributed by atoms with Crippen LogP contribution in [0.5, 0.6) is 0 Å². The molecule has 2 fully saturated rings. The molecule has 2 aliphatic rings. The third kappa shape index (κ3) is 5.89. The number of aromatic amines is 1. The first kappa shape index (κ1) is 24.7. The third-order valence-corrected chi connectivity index (χ3v) is 6.29. The summed E-state index contributed by atoms with van der Waals surface area (Å²) in [5.41, 5.74) is 6.84. The standard InChI is InChI=1S/C22H34N6O5/c1-13(2)9-16(21(31)28-8-4-6-18(28)22(32)33)26-19(29)17-5-3-7-27(17)20(30)15(23)10-14-11-24-12-25-14/h11-13,15-18H,3-10,23H2,1-2H3,(H,24,25)(H,26,29)(H,32,33). The van der Waals surface area contributed by atoms with Crippen LogP contribution in [0, 0.1) is 5.92 Å². The molecule has 0 radical (unpaired) electrons. The van der Waals surface area contributed by atoms with E-state index in [9.17, 15) is 24.3 Å². The van der Waals surface area contributed by atoms with Crippen molar-refractivity contribution in [1.82, 2.24) is 25.1 Å². The number of nitrogens with two attached hydrogens (primary N) is 1. The van der Waals surface area contributed by atoms with E-state index in [4.69, 9.17) is 5.73 Å². The number of H-pyrrole nitrogens is 1. The zero-order chi connectivity index (χ0) is 24.1. The molecule has 0 bridgehead atoms. The average Bonchev–Trinajstić information content (AvgIpc) is 3.52. The summed E-state index contributed by atoms with van der Waals surface area (Å²) < 4.78 is 0. The van der Waals surface area contributed by atoms with Crippen molar-refractivity contribution in [3.8, 4) is 0 Å². The number of amides is 3. The van der Waals surface area contributed by atoms with Crippen molar-refractivity contribution in [2.24, 2.45) is 11.7 Å². The van der Waals surface area contributed by atoms with Gasteiger partial charge in [0.25, 0.3) is 0 Å². The van der Waals surface area contributed by atoms with Crippen LogP contribution < -0.4 is 11.1 Å². The van der Waals surface area contributed by atoms with E-state index in [1.54, 1.807) is 6.20 Å². The second-order valence-electron chi connectivity index (χ2n) is 9.30. The first-order valence-electron chi connectivity index (χ1n) is 11.6. The molecule has 0 aliphatic carbocycles. The van der Waals surface area contributed by atoms with Gasteiger partial charge in [-0.2, -0.15) is 0 Å². The Bertz CT molecular complexity index is 857. The van der Waals surface area contributed by atoms with Crippen LogP contribution in [0.15, 0.2) is 12.5 Å². The second-order valence-corrected chi connectivity index (χ2v) is 9.30. The number of rotatable bonds is 9. The Morgan fingerprint density at radius 1 is 1.15 bits per heavy atom. The van der Waals surface area contributed by atoms with Crippen molar-refractivity contribution >= 4 is 23.7 Å². The van der Waals surface area contributed by atoms with Gasteiger partial charge in [0.15, 0.2) is 0 Å². The molecule has 33 heavy (non-hydrogen) atoms. The summed E-state index contributed by atoms with van der Waals surface area (Å²) in [5.74, 6) is -2.03. The number of aliphatic carboxylic acids is 1. The van der Waals surface area contributed by atoms with Gasteiger partial charge in [-0.25, -0.2) is 9.78 Å². The fourth-order valence-corrected chi connectivity index (χ4v) is 4.68.